The van der Waals surface area contributed by atoms with Crippen LogP contribution in [0.4, 0.5) is 5.69 Å². The molecule has 0 amide bonds. The maximum absolute atomic E-state index is 11.7. The van der Waals surface area contributed by atoms with E-state index in [1.165, 1.54) is 7.11 Å². The van der Waals surface area contributed by atoms with Gasteiger partial charge in [-0.15, -0.1) is 0 Å². The fourth-order valence-corrected chi connectivity index (χ4v) is 1.45. The molecule has 18 heavy (non-hydrogen) atoms. The lowest BCUT2D eigenvalue weighted by Gasteiger charge is -2.09. The van der Waals surface area contributed by atoms with E-state index in [1.807, 2.05) is 6.92 Å². The van der Waals surface area contributed by atoms with E-state index >= 15 is 0 Å². The van der Waals surface area contributed by atoms with Crippen molar-refractivity contribution in [3.05, 3.63) is 29.3 Å². The number of methoxy groups -OCH3 is 1. The zero-order valence-corrected chi connectivity index (χ0v) is 10.6. The molecule has 5 nitrogen and oxygen atoms in total. The average molecular weight is 251 g/mol. The van der Waals surface area contributed by atoms with Crippen LogP contribution in [0.2, 0.25) is 0 Å². The molecule has 0 radical (unpaired) electrons. The number of para-hydroxylation sites is 1. The average Bonchev–Trinajstić information content (AvgIpc) is 2.38. The first kappa shape index (κ1) is 14.0. The minimum absolute atomic E-state index is 0.0389. The molecule has 98 valence electrons. The standard InChI is InChI=1S/C13H17NO4/c1-3-7-18-13(16)10-6-4-5-9(12(10)14)8-11(15)17-2/h4-6H,3,7-8,14H2,1-2H3. The molecule has 1 aromatic carbocycles. The Morgan fingerprint density at radius 3 is 2.67 bits per heavy atom. The zero-order chi connectivity index (χ0) is 13.5. The van der Waals surface area contributed by atoms with Gasteiger partial charge < -0.3 is 15.2 Å². The maximum atomic E-state index is 11.7. The van der Waals surface area contributed by atoms with Crippen molar-refractivity contribution in [3.63, 3.8) is 0 Å². The minimum Gasteiger partial charge on any atom is -0.469 e. The number of carbonyl (C=O) groups excluding carboxylic acids is 2. The van der Waals surface area contributed by atoms with Gasteiger partial charge in [0.1, 0.15) is 0 Å². The van der Waals surface area contributed by atoms with Crippen molar-refractivity contribution < 1.29 is 19.1 Å². The third-order valence-corrected chi connectivity index (χ3v) is 2.42. The largest absolute Gasteiger partial charge is 0.469 e. The Morgan fingerprint density at radius 2 is 2.06 bits per heavy atom. The molecule has 1 aromatic rings. The van der Waals surface area contributed by atoms with E-state index in [0.717, 1.165) is 6.42 Å². The molecule has 0 fully saturated rings. The zero-order valence-electron chi connectivity index (χ0n) is 10.6. The van der Waals surface area contributed by atoms with Crippen LogP contribution in [0.1, 0.15) is 29.3 Å². The van der Waals surface area contributed by atoms with Gasteiger partial charge in [0.2, 0.25) is 0 Å². The van der Waals surface area contributed by atoms with Crippen LogP contribution >= 0.6 is 0 Å². The lowest BCUT2D eigenvalue weighted by molar-refractivity contribution is -0.139. The Morgan fingerprint density at radius 1 is 1.33 bits per heavy atom. The third-order valence-electron chi connectivity index (χ3n) is 2.42. The molecule has 1 rings (SSSR count). The lowest BCUT2D eigenvalue weighted by atomic mass is 10.0. The summed E-state index contributed by atoms with van der Waals surface area (Å²) in [6.07, 6.45) is 0.782. The summed E-state index contributed by atoms with van der Waals surface area (Å²) in [4.78, 5) is 22.9. The Hall–Kier alpha value is -2.04. The van der Waals surface area contributed by atoms with Gasteiger partial charge in [-0.2, -0.15) is 0 Å². The molecule has 0 spiro atoms. The van der Waals surface area contributed by atoms with Crippen LogP contribution in [0.3, 0.4) is 0 Å². The van der Waals surface area contributed by atoms with E-state index in [2.05, 4.69) is 4.74 Å². The number of anilines is 1. The normalized spacial score (nSPS) is 9.89. The van der Waals surface area contributed by atoms with Crippen molar-refractivity contribution >= 4 is 17.6 Å². The number of esters is 2. The minimum atomic E-state index is -0.471. The van der Waals surface area contributed by atoms with Gasteiger partial charge >= 0.3 is 11.9 Å². The summed E-state index contributed by atoms with van der Waals surface area (Å²) < 4.78 is 9.57. The van der Waals surface area contributed by atoms with Gasteiger partial charge in [0.15, 0.2) is 0 Å². The van der Waals surface area contributed by atoms with Crippen molar-refractivity contribution in [2.45, 2.75) is 19.8 Å². The molecule has 0 saturated heterocycles. The molecule has 0 bridgehead atoms. The Balaban J connectivity index is 2.90. The van der Waals surface area contributed by atoms with E-state index in [-0.39, 0.29) is 17.7 Å². The number of hydrogen-bond acceptors (Lipinski definition) is 5. The lowest BCUT2D eigenvalue weighted by Crippen LogP contribution is -2.12. The van der Waals surface area contributed by atoms with E-state index in [1.54, 1.807) is 18.2 Å². The molecule has 0 aliphatic carbocycles. The molecular weight excluding hydrogens is 234 g/mol. The molecule has 0 aliphatic rings. The highest BCUT2D eigenvalue weighted by atomic mass is 16.5. The molecule has 0 aromatic heterocycles. The van der Waals surface area contributed by atoms with Crippen LogP contribution in [0, 0.1) is 0 Å². The second-order valence-electron chi connectivity index (χ2n) is 3.77. The molecular formula is C13H17NO4. The molecule has 0 atom stereocenters. The first-order valence-corrected chi connectivity index (χ1v) is 5.71. The van der Waals surface area contributed by atoms with Crippen molar-refractivity contribution in [2.75, 3.05) is 19.5 Å². The molecule has 0 aliphatic heterocycles. The van der Waals surface area contributed by atoms with Crippen LogP contribution in [0.5, 0.6) is 0 Å². The van der Waals surface area contributed by atoms with Crippen LogP contribution in [0.25, 0.3) is 0 Å². The fourth-order valence-electron chi connectivity index (χ4n) is 1.45. The van der Waals surface area contributed by atoms with Gasteiger partial charge in [0.25, 0.3) is 0 Å². The second kappa shape index (κ2) is 6.64. The quantitative estimate of drug-likeness (QED) is 0.634. The first-order valence-electron chi connectivity index (χ1n) is 5.71. The first-order chi connectivity index (χ1) is 8.60. The summed E-state index contributed by atoms with van der Waals surface area (Å²) in [5.74, 6) is -0.873. The second-order valence-corrected chi connectivity index (χ2v) is 3.77. The Kier molecular flexibility index (Phi) is 5.17. The predicted molar refractivity (Wildman–Crippen MR) is 67.1 cm³/mol. The Labute approximate surface area is 106 Å². The van der Waals surface area contributed by atoms with Crippen LogP contribution in [-0.2, 0) is 20.7 Å². The number of ether oxygens (including phenoxy) is 2. The summed E-state index contributed by atoms with van der Waals surface area (Å²) in [6, 6.07) is 4.92. The number of nitrogen functional groups attached to an aromatic ring is 1. The van der Waals surface area contributed by atoms with Crippen LogP contribution in [-0.4, -0.2) is 25.7 Å². The van der Waals surface area contributed by atoms with E-state index in [4.69, 9.17) is 10.5 Å². The number of carbonyl (C=O) groups is 2. The molecule has 0 heterocycles. The number of benzene rings is 1. The molecule has 0 saturated carbocycles. The highest BCUT2D eigenvalue weighted by molar-refractivity contribution is 5.96. The van der Waals surface area contributed by atoms with E-state index < -0.39 is 11.9 Å². The molecule has 0 unspecified atom stereocenters. The molecule has 2 N–H and O–H groups in total. The maximum Gasteiger partial charge on any atom is 0.340 e. The summed E-state index contributed by atoms with van der Waals surface area (Å²) in [5.41, 5.74) is 6.96. The highest BCUT2D eigenvalue weighted by Crippen LogP contribution is 2.19. The number of nitrogens with two attached hydrogens (primary N) is 1. The van der Waals surface area contributed by atoms with Crippen molar-refractivity contribution in [3.8, 4) is 0 Å². The monoisotopic (exact) mass is 251 g/mol. The molecule has 5 heteroatoms. The van der Waals surface area contributed by atoms with Crippen molar-refractivity contribution in [1.82, 2.24) is 0 Å². The summed E-state index contributed by atoms with van der Waals surface area (Å²) in [6.45, 7) is 2.25. The van der Waals surface area contributed by atoms with Gasteiger partial charge in [-0.3, -0.25) is 4.79 Å². The number of rotatable bonds is 5. The Bertz CT molecular complexity index is 443. The van der Waals surface area contributed by atoms with Crippen LogP contribution < -0.4 is 5.73 Å². The van der Waals surface area contributed by atoms with Crippen LogP contribution in [0.15, 0.2) is 18.2 Å². The van der Waals surface area contributed by atoms with Gasteiger partial charge in [-0.05, 0) is 18.1 Å². The SMILES string of the molecule is CCCOC(=O)c1cccc(CC(=O)OC)c1N. The fraction of sp³-hybridized carbons (Fsp3) is 0.385. The topological polar surface area (TPSA) is 78.6 Å². The van der Waals surface area contributed by atoms with Gasteiger partial charge in [0.05, 0.1) is 25.7 Å². The van der Waals surface area contributed by atoms with Crippen molar-refractivity contribution in [2.24, 2.45) is 0 Å². The summed E-state index contributed by atoms with van der Waals surface area (Å²) >= 11 is 0. The van der Waals surface area contributed by atoms with Crippen molar-refractivity contribution in [1.29, 1.82) is 0 Å². The van der Waals surface area contributed by atoms with E-state index in [0.29, 0.717) is 12.2 Å². The highest BCUT2D eigenvalue weighted by Gasteiger charge is 2.15. The number of hydrogen-bond donors (Lipinski definition) is 1. The predicted octanol–water partition coefficient (Wildman–Crippen LogP) is 1.55. The smallest absolute Gasteiger partial charge is 0.340 e. The summed E-state index contributed by atoms with van der Waals surface area (Å²) in [7, 11) is 1.30. The van der Waals surface area contributed by atoms with Gasteiger partial charge in [-0.25, -0.2) is 4.79 Å². The third kappa shape index (κ3) is 3.48. The van der Waals surface area contributed by atoms with Gasteiger partial charge in [0, 0.05) is 5.69 Å². The van der Waals surface area contributed by atoms with E-state index in [9.17, 15) is 9.59 Å². The van der Waals surface area contributed by atoms with Gasteiger partial charge in [-0.1, -0.05) is 19.1 Å². The summed E-state index contributed by atoms with van der Waals surface area (Å²) in [5, 5.41) is 0.